The van der Waals surface area contributed by atoms with Crippen molar-refractivity contribution in [3.63, 3.8) is 0 Å². The minimum atomic E-state index is 0.375. The molecule has 0 aromatic rings. The van der Waals surface area contributed by atoms with Gasteiger partial charge in [0.15, 0.2) is 0 Å². The Balaban J connectivity index is 4.91. The molecule has 0 spiro atoms. The lowest BCUT2D eigenvalue weighted by Gasteiger charge is -2.54. The molecule has 0 aromatic carbocycles. The first-order valence-electron chi connectivity index (χ1n) is 8.62. The standard InChI is InChI=1S/C17H38B2/c1-7-9-11-13-16(6,14-12-10-8-2)17(18,19)15(3,4)5/h7-14,18-19H2,1-6H3. The molecule has 2 heteroatoms. The summed E-state index contributed by atoms with van der Waals surface area (Å²) in [6.07, 6.45) is 11.1. The Bertz CT molecular complexity index is 228. The van der Waals surface area contributed by atoms with Crippen molar-refractivity contribution in [1.29, 1.82) is 0 Å². The quantitative estimate of drug-likeness (QED) is 0.422. The fourth-order valence-corrected chi connectivity index (χ4v) is 3.19. The highest BCUT2D eigenvalue weighted by Gasteiger charge is 2.46. The van der Waals surface area contributed by atoms with Crippen molar-refractivity contribution in [3.05, 3.63) is 0 Å². The van der Waals surface area contributed by atoms with Gasteiger partial charge in [0.1, 0.15) is 15.7 Å². The van der Waals surface area contributed by atoms with E-state index < -0.39 is 0 Å². The van der Waals surface area contributed by atoms with E-state index in [2.05, 4.69) is 57.2 Å². The van der Waals surface area contributed by atoms with Gasteiger partial charge >= 0.3 is 0 Å². The first kappa shape index (κ1) is 19.1. The highest BCUT2D eigenvalue weighted by atomic mass is 14.4. The Morgan fingerprint density at radius 1 is 0.684 bits per heavy atom. The van der Waals surface area contributed by atoms with Gasteiger partial charge in [-0.15, -0.1) is 0 Å². The molecule has 112 valence electrons. The zero-order valence-corrected chi connectivity index (χ0v) is 15.2. The second-order valence-corrected chi connectivity index (χ2v) is 8.35. The maximum Gasteiger partial charge on any atom is 0.101 e. The Hall–Kier alpha value is 0.130. The van der Waals surface area contributed by atoms with Crippen LogP contribution in [0.4, 0.5) is 0 Å². The first-order chi connectivity index (χ1) is 8.62. The maximum atomic E-state index is 2.56. The molecule has 0 radical (unpaired) electrons. The Kier molecular flexibility index (Phi) is 7.84. The highest BCUT2D eigenvalue weighted by molar-refractivity contribution is 6.41. The third-order valence-electron chi connectivity index (χ3n) is 6.05. The van der Waals surface area contributed by atoms with E-state index in [9.17, 15) is 0 Å². The fourth-order valence-electron chi connectivity index (χ4n) is 3.19. The summed E-state index contributed by atoms with van der Waals surface area (Å²) < 4.78 is 0. The summed E-state index contributed by atoms with van der Waals surface area (Å²) in [4.78, 5) is 0. The van der Waals surface area contributed by atoms with Crippen molar-refractivity contribution in [3.8, 4) is 0 Å². The van der Waals surface area contributed by atoms with Crippen molar-refractivity contribution in [2.24, 2.45) is 10.8 Å². The van der Waals surface area contributed by atoms with Crippen molar-refractivity contribution in [2.45, 2.75) is 98.1 Å². The monoisotopic (exact) mass is 264 g/mol. The van der Waals surface area contributed by atoms with E-state index in [-0.39, 0.29) is 0 Å². The highest BCUT2D eigenvalue weighted by Crippen LogP contribution is 2.57. The molecule has 0 unspecified atom stereocenters. The van der Waals surface area contributed by atoms with Crippen LogP contribution in [0.15, 0.2) is 0 Å². The summed E-state index contributed by atoms with van der Waals surface area (Å²) in [7, 11) is 5.01. The predicted octanol–water partition coefficient (Wildman–Crippen LogP) is 4.58. The molecule has 0 saturated heterocycles. The van der Waals surface area contributed by atoms with Crippen LogP contribution in [0.1, 0.15) is 92.9 Å². The van der Waals surface area contributed by atoms with Gasteiger partial charge < -0.3 is 0 Å². The van der Waals surface area contributed by atoms with Gasteiger partial charge in [-0.25, -0.2) is 0 Å². The zero-order chi connectivity index (χ0) is 15.2. The lowest BCUT2D eigenvalue weighted by Crippen LogP contribution is -2.44. The number of unbranched alkanes of at least 4 members (excludes halogenated alkanes) is 4. The molecule has 0 N–H and O–H groups in total. The number of hydrogen-bond donors (Lipinski definition) is 0. The molecule has 19 heavy (non-hydrogen) atoms. The number of hydrogen-bond acceptors (Lipinski definition) is 0. The van der Waals surface area contributed by atoms with E-state index >= 15 is 0 Å². The van der Waals surface area contributed by atoms with E-state index in [1.165, 1.54) is 51.4 Å². The third kappa shape index (κ3) is 5.20. The predicted molar refractivity (Wildman–Crippen MR) is 95.6 cm³/mol. The minimum Gasteiger partial charge on any atom is -0.0747 e. The van der Waals surface area contributed by atoms with Crippen LogP contribution in [0, 0.1) is 10.8 Å². The molecule has 0 heterocycles. The zero-order valence-electron chi connectivity index (χ0n) is 15.2. The van der Waals surface area contributed by atoms with Gasteiger partial charge in [0, 0.05) is 0 Å². The van der Waals surface area contributed by atoms with Gasteiger partial charge in [-0.05, 0) is 23.7 Å². The summed E-state index contributed by atoms with van der Waals surface area (Å²) in [6.45, 7) is 14.4. The van der Waals surface area contributed by atoms with Gasteiger partial charge in [-0.2, -0.15) is 0 Å². The molecule has 0 aliphatic rings. The van der Waals surface area contributed by atoms with Crippen LogP contribution in [0.25, 0.3) is 0 Å². The Morgan fingerprint density at radius 3 is 1.32 bits per heavy atom. The molecule has 0 aliphatic carbocycles. The van der Waals surface area contributed by atoms with E-state index in [1.54, 1.807) is 0 Å². The average Bonchev–Trinajstić information content (AvgIpc) is 2.28. The lowest BCUT2D eigenvalue weighted by atomic mass is 9.33. The van der Waals surface area contributed by atoms with Crippen molar-refractivity contribution < 1.29 is 0 Å². The van der Waals surface area contributed by atoms with Gasteiger partial charge in [-0.1, -0.05) is 85.3 Å². The second-order valence-electron chi connectivity index (χ2n) is 8.35. The average molecular weight is 264 g/mol. The molecule has 0 nitrogen and oxygen atoms in total. The van der Waals surface area contributed by atoms with E-state index in [0.29, 0.717) is 16.0 Å². The topological polar surface area (TPSA) is 0 Å². The van der Waals surface area contributed by atoms with Gasteiger partial charge in [-0.3, -0.25) is 0 Å². The van der Waals surface area contributed by atoms with Crippen LogP contribution in [0.3, 0.4) is 0 Å². The Morgan fingerprint density at radius 2 is 1.05 bits per heavy atom. The van der Waals surface area contributed by atoms with Crippen LogP contribution in [-0.4, -0.2) is 15.7 Å². The van der Waals surface area contributed by atoms with Gasteiger partial charge in [0.05, 0.1) is 0 Å². The molecule has 0 saturated carbocycles. The molecular weight excluding hydrogens is 226 g/mol. The molecule has 0 aliphatic heterocycles. The van der Waals surface area contributed by atoms with Gasteiger partial charge in [0.2, 0.25) is 0 Å². The van der Waals surface area contributed by atoms with E-state index in [1.807, 2.05) is 0 Å². The van der Waals surface area contributed by atoms with E-state index in [0.717, 1.165) is 0 Å². The summed E-state index contributed by atoms with van der Waals surface area (Å²) in [6, 6.07) is 0. The maximum absolute atomic E-state index is 2.56. The van der Waals surface area contributed by atoms with Crippen molar-refractivity contribution in [1.82, 2.24) is 0 Å². The normalized spacial score (nSPS) is 13.8. The van der Waals surface area contributed by atoms with Crippen molar-refractivity contribution >= 4 is 15.7 Å². The summed E-state index contributed by atoms with van der Waals surface area (Å²) >= 11 is 0. The van der Waals surface area contributed by atoms with Crippen LogP contribution in [0.5, 0.6) is 0 Å². The minimum absolute atomic E-state index is 0.375. The second kappa shape index (κ2) is 7.79. The fraction of sp³-hybridized carbons (Fsp3) is 1.00. The molecule has 0 amide bonds. The van der Waals surface area contributed by atoms with Crippen LogP contribution in [0.2, 0.25) is 5.21 Å². The molecule has 0 bridgehead atoms. The molecule has 0 atom stereocenters. The van der Waals surface area contributed by atoms with Gasteiger partial charge in [0.25, 0.3) is 0 Å². The van der Waals surface area contributed by atoms with E-state index in [4.69, 9.17) is 0 Å². The molecule has 0 fully saturated rings. The van der Waals surface area contributed by atoms with Crippen LogP contribution < -0.4 is 0 Å². The SMILES string of the molecule is BC(B)(C(C)(C)C)C(C)(CCCCC)CCCCC. The Labute approximate surface area is 125 Å². The van der Waals surface area contributed by atoms with Crippen molar-refractivity contribution in [2.75, 3.05) is 0 Å². The molecular formula is C17H38B2. The number of rotatable bonds is 9. The smallest absolute Gasteiger partial charge is 0.0747 e. The summed E-state index contributed by atoms with van der Waals surface area (Å²) in [5, 5.41) is 0.390. The molecule has 0 rings (SSSR count). The lowest BCUT2D eigenvalue weighted by molar-refractivity contribution is 0.127. The summed E-state index contributed by atoms with van der Waals surface area (Å²) in [5.41, 5.74) is 0.857. The third-order valence-corrected chi connectivity index (χ3v) is 6.05. The largest absolute Gasteiger partial charge is 0.101 e. The summed E-state index contributed by atoms with van der Waals surface area (Å²) in [5.74, 6) is 0. The first-order valence-corrected chi connectivity index (χ1v) is 8.62. The van der Waals surface area contributed by atoms with Crippen LogP contribution >= 0.6 is 0 Å². The van der Waals surface area contributed by atoms with Crippen LogP contribution in [-0.2, 0) is 0 Å². The molecule has 0 aromatic heterocycles.